The molecule has 10 nitrogen and oxygen atoms in total. The minimum absolute atomic E-state index is 0.0528. The number of fused-ring (bicyclic) bond motifs is 3. The van der Waals surface area contributed by atoms with Gasteiger partial charge in [-0.2, -0.15) is 0 Å². The Morgan fingerprint density at radius 3 is 2.49 bits per heavy atom. The molecule has 68 heavy (non-hydrogen) atoms. The number of aromatic hydroxyl groups is 1. The van der Waals surface area contributed by atoms with Gasteiger partial charge in [-0.05, 0) is 175 Å². The molecule has 14 atom stereocenters. The molecule has 2 aliphatic heterocycles. The van der Waals surface area contributed by atoms with Gasteiger partial charge in [-0.1, -0.05) is 73.2 Å². The highest BCUT2D eigenvalue weighted by Gasteiger charge is 2.64. The molecule has 10 heteroatoms. The van der Waals surface area contributed by atoms with Crippen LogP contribution in [-0.2, 0) is 16.0 Å². The third-order valence-corrected chi connectivity index (χ3v) is 19.4. The molecule has 11 rings (SSSR count). The number of ether oxygens (including phenoxy) is 1. The molecule has 0 amide bonds. The van der Waals surface area contributed by atoms with Crippen molar-refractivity contribution in [2.24, 2.45) is 58.0 Å². The van der Waals surface area contributed by atoms with Crippen LogP contribution in [0.25, 0.3) is 10.8 Å². The number of phenols is 1. The van der Waals surface area contributed by atoms with Crippen LogP contribution in [-0.4, -0.2) is 76.5 Å². The molecular weight excluding hydrogens is 851 g/mol. The Morgan fingerprint density at radius 2 is 1.69 bits per heavy atom. The molecule has 8 N–H and O–H groups in total. The van der Waals surface area contributed by atoms with E-state index in [9.17, 15) is 30.0 Å². The van der Waals surface area contributed by atoms with E-state index in [1.807, 2.05) is 18.2 Å². The lowest BCUT2D eigenvalue weighted by Crippen LogP contribution is -2.66. The van der Waals surface area contributed by atoms with E-state index < -0.39 is 29.6 Å². The lowest BCUT2D eigenvalue weighted by Gasteiger charge is -2.65. The van der Waals surface area contributed by atoms with Gasteiger partial charge in [0.1, 0.15) is 11.2 Å². The van der Waals surface area contributed by atoms with Crippen LogP contribution in [0, 0.1) is 64.1 Å². The van der Waals surface area contributed by atoms with E-state index in [1.165, 1.54) is 45.6 Å². The van der Waals surface area contributed by atoms with E-state index in [0.717, 1.165) is 53.3 Å². The Morgan fingerprint density at radius 1 is 0.882 bits per heavy atom. The quantitative estimate of drug-likeness (QED) is 0.105. The van der Waals surface area contributed by atoms with Gasteiger partial charge >= 0.3 is 0 Å². The number of hydrogen-bond donors (Lipinski definition) is 7. The fourth-order valence-electron chi connectivity index (χ4n) is 16.3. The second kappa shape index (κ2) is 18.3. The lowest BCUT2D eigenvalue weighted by atomic mass is 9.41. The number of phenolic OH excluding ortho intramolecular Hbond substituents is 1. The highest BCUT2D eigenvalue weighted by atomic mass is 16.5. The van der Waals surface area contributed by atoms with Gasteiger partial charge in [0.2, 0.25) is 0 Å². The van der Waals surface area contributed by atoms with Crippen LogP contribution in [0.3, 0.4) is 0 Å². The third-order valence-electron chi connectivity index (χ3n) is 19.4. The van der Waals surface area contributed by atoms with Gasteiger partial charge in [-0.3, -0.25) is 9.59 Å². The molecule has 6 fully saturated rings. The van der Waals surface area contributed by atoms with E-state index in [0.29, 0.717) is 103 Å². The number of aryl methyl sites for hydroxylation is 1. The van der Waals surface area contributed by atoms with Gasteiger partial charge in [-0.25, -0.2) is 0 Å². The van der Waals surface area contributed by atoms with Crippen molar-refractivity contribution in [2.75, 3.05) is 20.2 Å². The van der Waals surface area contributed by atoms with Crippen molar-refractivity contribution in [1.82, 2.24) is 10.6 Å². The van der Waals surface area contributed by atoms with Crippen LogP contribution in [0.5, 0.6) is 11.5 Å². The number of hydrogen-bond acceptors (Lipinski definition) is 10. The largest absolute Gasteiger partial charge is 0.504 e. The number of carbonyl (C=O) groups excluding carboxylic acids is 2. The number of Topliss-reactive ketones (excluding diaryl/α,β-unsaturated/α-hetero) is 2. The maximum absolute atomic E-state index is 14.8. The van der Waals surface area contributed by atoms with Crippen molar-refractivity contribution in [1.29, 1.82) is 0 Å². The summed E-state index contributed by atoms with van der Waals surface area (Å²) in [6.45, 7) is 1.55. The van der Waals surface area contributed by atoms with Gasteiger partial charge in [-0.15, -0.1) is 0 Å². The number of allylic oxidation sites excluding steroid dienone is 2. The van der Waals surface area contributed by atoms with Crippen molar-refractivity contribution >= 4 is 22.3 Å². The Labute approximate surface area is 401 Å². The molecule has 0 radical (unpaired) electrons. The molecule has 0 aromatic heterocycles. The third kappa shape index (κ3) is 7.98. The van der Waals surface area contributed by atoms with Crippen molar-refractivity contribution in [3.8, 4) is 23.3 Å². The molecule has 3 aromatic rings. The molecule has 5 saturated carbocycles. The van der Waals surface area contributed by atoms with Crippen LogP contribution in [0.15, 0.2) is 78.1 Å². The number of dihydropyridines is 1. The van der Waals surface area contributed by atoms with Gasteiger partial charge in [0.15, 0.2) is 17.3 Å². The molecule has 2 spiro atoms. The van der Waals surface area contributed by atoms with Gasteiger partial charge < -0.3 is 41.5 Å². The highest BCUT2D eigenvalue weighted by molar-refractivity contribution is 5.89. The number of nitrogens with one attached hydrogen (secondary N) is 2. The minimum Gasteiger partial charge on any atom is -0.504 e. The monoisotopic (exact) mass is 922 g/mol. The van der Waals surface area contributed by atoms with E-state index in [4.69, 9.17) is 10.5 Å². The van der Waals surface area contributed by atoms with E-state index >= 15 is 0 Å². The summed E-state index contributed by atoms with van der Waals surface area (Å²) in [5.74, 6) is 11.0. The number of aliphatic hydroxyl groups is 3. The zero-order valence-electron chi connectivity index (χ0n) is 39.7. The second-order valence-corrected chi connectivity index (χ2v) is 22.5. The van der Waals surface area contributed by atoms with Crippen molar-refractivity contribution in [3.63, 3.8) is 0 Å². The zero-order valence-corrected chi connectivity index (χ0v) is 39.7. The van der Waals surface area contributed by atoms with E-state index in [2.05, 4.69) is 58.9 Å². The second-order valence-electron chi connectivity index (χ2n) is 22.5. The Kier molecular flexibility index (Phi) is 12.3. The number of aliphatic hydroxyl groups excluding tert-OH is 3. The molecule has 360 valence electrons. The van der Waals surface area contributed by atoms with Crippen molar-refractivity contribution < 1.29 is 34.8 Å². The number of carbonyl (C=O) groups is 2. The average molecular weight is 922 g/mol. The van der Waals surface area contributed by atoms with E-state index in [-0.39, 0.29) is 42.1 Å². The topological polar surface area (TPSA) is 174 Å². The molecule has 0 unspecified atom stereocenters. The van der Waals surface area contributed by atoms with Crippen LogP contribution in [0.2, 0.25) is 0 Å². The summed E-state index contributed by atoms with van der Waals surface area (Å²) < 4.78 is 5.55. The summed E-state index contributed by atoms with van der Waals surface area (Å²) in [6, 6.07) is 18.2. The summed E-state index contributed by atoms with van der Waals surface area (Å²) >= 11 is 0. The standard InChI is InChI=1S/C58H71N3O7/c1-68-51-26-36-12-13-52(66)58(20-15-39(27-53(58)67)45-24-41-11-10-40-23-42(62)29-47-56(40)55(41)46(32-61-47)57(45)17-4-5-18-57)19-14-37(44(36)31-50(51)65)25-48(63)49(64)30-43(38-16-21-60-54(59)28-38)35-9-8-33-6-2-3-7-34(33)22-35/h2-3,6-9,16,22,26,28,31,37,39-41,43,45-49,53,55-56,60-61,63-65,67H,4-5,10-13,15,17-18,20-21,23-25,27,29-30,32,59H2,1H3/t37-,39+,40-,41+,43+,45+,46+,47+,48+,49-,53-,55+,56+,58-/m1/s1. The zero-order chi connectivity index (χ0) is 46.9. The van der Waals surface area contributed by atoms with Crippen molar-refractivity contribution in [3.05, 3.63) is 94.8 Å². The Hall–Kier alpha value is -4.66. The first-order chi connectivity index (χ1) is 32.9. The Bertz CT molecular complexity index is 2560. The molecule has 3 aromatic carbocycles. The first kappa shape index (κ1) is 45.8. The maximum atomic E-state index is 14.8. The highest BCUT2D eigenvalue weighted by Crippen LogP contribution is 2.68. The predicted octanol–water partition coefficient (Wildman–Crippen LogP) is 7.71. The lowest BCUT2D eigenvalue weighted by molar-refractivity contribution is -0.165. The number of methoxy groups -OCH3 is 1. The molecule has 2 heterocycles. The molecule has 6 aliphatic carbocycles. The first-order valence-corrected chi connectivity index (χ1v) is 26.1. The minimum atomic E-state index is -1.26. The normalized spacial score (nSPS) is 35.2. The summed E-state index contributed by atoms with van der Waals surface area (Å²) in [4.78, 5) is 27.6. The Balaban J connectivity index is 0.876. The summed E-state index contributed by atoms with van der Waals surface area (Å²) in [5.41, 5.74) is 8.69. The van der Waals surface area contributed by atoms with Crippen LogP contribution >= 0.6 is 0 Å². The molecule has 8 aliphatic rings. The SMILES string of the molecule is COc1cc2c(cc1O)[C@@H](C[C@H](O)[C@H](O)C[C@H](C1=CCNC(N)=C1)c1ccc3ccccc3c1)C#C[C@@]1(CC[C@H]([C@@H]3C[C@@H]4CC[C@@H]5CC(=O)C[C@@H]6NC[C@@H]([C@H]4[C@@H]56)C34CCCC4)C[C@H]1O)C(=O)CC2. The molecule has 0 bridgehead atoms. The van der Waals surface area contributed by atoms with Crippen LogP contribution in [0.4, 0.5) is 0 Å². The first-order valence-electron chi connectivity index (χ1n) is 26.1. The van der Waals surface area contributed by atoms with Crippen molar-refractivity contribution in [2.45, 2.75) is 139 Å². The number of piperidine rings is 1. The van der Waals surface area contributed by atoms with Gasteiger partial charge in [0.05, 0.1) is 31.2 Å². The summed E-state index contributed by atoms with van der Waals surface area (Å²) in [5, 5.41) is 57.2. The fourth-order valence-corrected chi connectivity index (χ4v) is 16.3. The fraction of sp³-hybridized carbons (Fsp3) is 0.586. The summed E-state index contributed by atoms with van der Waals surface area (Å²) in [6.07, 6.45) is 13.3. The summed E-state index contributed by atoms with van der Waals surface area (Å²) in [7, 11) is 1.50. The predicted molar refractivity (Wildman–Crippen MR) is 262 cm³/mol. The average Bonchev–Trinajstić information content (AvgIpc) is 3.84. The van der Waals surface area contributed by atoms with Gasteiger partial charge in [0, 0.05) is 43.7 Å². The van der Waals surface area contributed by atoms with Crippen LogP contribution in [0.1, 0.15) is 125 Å². The number of rotatable bonds is 9. The number of ketones is 2. The number of benzene rings is 3. The smallest absolute Gasteiger partial charge is 0.160 e. The van der Waals surface area contributed by atoms with Gasteiger partial charge in [0.25, 0.3) is 0 Å². The molecule has 1 saturated heterocycles. The number of nitrogens with two attached hydrogens (primary N) is 1. The van der Waals surface area contributed by atoms with Crippen LogP contribution < -0.4 is 21.1 Å². The molecular formula is C58H71N3O7. The maximum Gasteiger partial charge on any atom is 0.160 e. The van der Waals surface area contributed by atoms with E-state index in [1.54, 1.807) is 12.1 Å².